The van der Waals surface area contributed by atoms with Gasteiger partial charge in [-0.15, -0.1) is 0 Å². The van der Waals surface area contributed by atoms with Gasteiger partial charge >= 0.3 is 0 Å². The van der Waals surface area contributed by atoms with Crippen LogP contribution in [0.15, 0.2) is 4.63 Å². The van der Waals surface area contributed by atoms with E-state index in [9.17, 15) is 0 Å². The van der Waals surface area contributed by atoms with Crippen LogP contribution in [-0.2, 0) is 13.0 Å². The summed E-state index contributed by atoms with van der Waals surface area (Å²) in [6, 6.07) is 0.579. The van der Waals surface area contributed by atoms with Crippen LogP contribution in [0.3, 0.4) is 0 Å². The summed E-state index contributed by atoms with van der Waals surface area (Å²) in [6.45, 7) is 6.34. The molecule has 0 bridgehead atoms. The molecule has 4 nitrogen and oxygen atoms in total. The predicted octanol–water partition coefficient (Wildman–Crippen LogP) is 0.836. The average molecular weight is 167 g/mol. The second-order valence-electron chi connectivity index (χ2n) is 3.47. The van der Waals surface area contributed by atoms with Gasteiger partial charge in [0.2, 0.25) is 0 Å². The largest absolute Gasteiger partial charge is 0.295 e. The molecule has 4 heteroatoms. The zero-order valence-corrected chi connectivity index (χ0v) is 7.45. The fourth-order valence-electron chi connectivity index (χ4n) is 1.50. The quantitative estimate of drug-likeness (QED) is 0.621. The number of aromatic nitrogens is 2. The number of fused-ring (bicyclic) bond motifs is 1. The normalized spacial score (nSPS) is 18.2. The molecule has 0 amide bonds. The zero-order chi connectivity index (χ0) is 8.55. The third-order valence-electron chi connectivity index (χ3n) is 2.35. The third-order valence-corrected chi connectivity index (χ3v) is 2.35. The number of hydrogen-bond acceptors (Lipinski definition) is 4. The summed E-state index contributed by atoms with van der Waals surface area (Å²) in [7, 11) is 0. The molecule has 0 spiro atoms. The minimum atomic E-state index is 0.579. The van der Waals surface area contributed by atoms with E-state index in [1.54, 1.807) is 0 Å². The summed E-state index contributed by atoms with van der Waals surface area (Å²) >= 11 is 0. The molecule has 66 valence electrons. The minimum absolute atomic E-state index is 0.579. The molecule has 1 aliphatic rings. The molecule has 0 radical (unpaired) electrons. The molecular weight excluding hydrogens is 154 g/mol. The van der Waals surface area contributed by atoms with E-state index in [1.165, 1.54) is 0 Å². The van der Waals surface area contributed by atoms with Crippen molar-refractivity contribution in [2.45, 2.75) is 32.9 Å². The summed E-state index contributed by atoms with van der Waals surface area (Å²) < 4.78 is 4.67. The van der Waals surface area contributed by atoms with Crippen molar-refractivity contribution in [3.8, 4) is 0 Å². The van der Waals surface area contributed by atoms with Gasteiger partial charge in [-0.2, -0.15) is 0 Å². The maximum Gasteiger partial charge on any atom is 0.122 e. The average Bonchev–Trinajstić information content (AvgIpc) is 2.49. The Morgan fingerprint density at radius 3 is 2.83 bits per heavy atom. The summed E-state index contributed by atoms with van der Waals surface area (Å²) in [5.74, 6) is 0. The van der Waals surface area contributed by atoms with Crippen molar-refractivity contribution in [2.75, 3.05) is 6.54 Å². The lowest BCUT2D eigenvalue weighted by atomic mass is 10.1. The second-order valence-corrected chi connectivity index (χ2v) is 3.47. The molecule has 1 aliphatic heterocycles. The minimum Gasteiger partial charge on any atom is -0.295 e. The van der Waals surface area contributed by atoms with Gasteiger partial charge in [0.05, 0.1) is 0 Å². The molecule has 0 saturated heterocycles. The Labute approximate surface area is 71.5 Å². The van der Waals surface area contributed by atoms with Crippen LogP contribution in [0.25, 0.3) is 0 Å². The summed E-state index contributed by atoms with van der Waals surface area (Å²) in [5, 5.41) is 7.70. The highest BCUT2D eigenvalue weighted by molar-refractivity contribution is 5.11. The van der Waals surface area contributed by atoms with Gasteiger partial charge in [0.1, 0.15) is 11.4 Å². The van der Waals surface area contributed by atoms with E-state index in [-0.39, 0.29) is 0 Å². The SMILES string of the molecule is CC(C)N1CCc2nonc2C1. The topological polar surface area (TPSA) is 42.2 Å². The highest BCUT2D eigenvalue weighted by Gasteiger charge is 2.22. The molecule has 0 saturated carbocycles. The van der Waals surface area contributed by atoms with Gasteiger partial charge in [0, 0.05) is 25.6 Å². The lowest BCUT2D eigenvalue weighted by Gasteiger charge is -2.28. The monoisotopic (exact) mass is 167 g/mol. The van der Waals surface area contributed by atoms with Crippen molar-refractivity contribution in [3.05, 3.63) is 11.4 Å². The molecule has 0 fully saturated rings. The number of hydrogen-bond donors (Lipinski definition) is 0. The van der Waals surface area contributed by atoms with Crippen molar-refractivity contribution < 1.29 is 4.63 Å². The van der Waals surface area contributed by atoms with Crippen LogP contribution in [0.2, 0.25) is 0 Å². The summed E-state index contributed by atoms with van der Waals surface area (Å²) in [4.78, 5) is 2.37. The first-order chi connectivity index (χ1) is 5.77. The maximum absolute atomic E-state index is 4.67. The van der Waals surface area contributed by atoms with Crippen molar-refractivity contribution in [2.24, 2.45) is 0 Å². The van der Waals surface area contributed by atoms with Crippen LogP contribution in [0, 0.1) is 0 Å². The first-order valence-corrected chi connectivity index (χ1v) is 4.31. The molecule has 1 aromatic rings. The third kappa shape index (κ3) is 1.22. The van der Waals surface area contributed by atoms with Gasteiger partial charge in [-0.3, -0.25) is 4.90 Å². The Bertz CT molecular complexity index is 269. The first-order valence-electron chi connectivity index (χ1n) is 4.31. The van der Waals surface area contributed by atoms with E-state index < -0.39 is 0 Å². The van der Waals surface area contributed by atoms with E-state index in [4.69, 9.17) is 0 Å². The van der Waals surface area contributed by atoms with Crippen LogP contribution in [-0.4, -0.2) is 27.8 Å². The Balaban J connectivity index is 2.15. The molecule has 0 aromatic carbocycles. The van der Waals surface area contributed by atoms with Crippen molar-refractivity contribution in [3.63, 3.8) is 0 Å². The predicted molar refractivity (Wildman–Crippen MR) is 43.5 cm³/mol. The maximum atomic E-state index is 4.67. The van der Waals surface area contributed by atoms with E-state index in [0.717, 1.165) is 30.9 Å². The standard InChI is InChI=1S/C8H13N3O/c1-6(2)11-4-3-7-8(5-11)10-12-9-7/h6H,3-5H2,1-2H3. The molecular formula is C8H13N3O. The van der Waals surface area contributed by atoms with Crippen LogP contribution in [0.5, 0.6) is 0 Å². The van der Waals surface area contributed by atoms with Gasteiger partial charge < -0.3 is 0 Å². The van der Waals surface area contributed by atoms with Gasteiger partial charge in [-0.05, 0) is 13.8 Å². The molecule has 1 aromatic heterocycles. The van der Waals surface area contributed by atoms with E-state index >= 15 is 0 Å². The summed E-state index contributed by atoms with van der Waals surface area (Å²) in [5.41, 5.74) is 2.04. The second kappa shape index (κ2) is 2.86. The van der Waals surface area contributed by atoms with Crippen molar-refractivity contribution in [1.82, 2.24) is 15.2 Å². The van der Waals surface area contributed by atoms with E-state index in [0.29, 0.717) is 6.04 Å². The first kappa shape index (κ1) is 7.73. The highest BCUT2D eigenvalue weighted by atomic mass is 16.6. The summed E-state index contributed by atoms with van der Waals surface area (Å²) in [6.07, 6.45) is 0.969. The Hall–Kier alpha value is -0.900. The molecule has 0 atom stereocenters. The van der Waals surface area contributed by atoms with Gasteiger partial charge in [0.25, 0.3) is 0 Å². The van der Waals surface area contributed by atoms with Gasteiger partial charge in [0.15, 0.2) is 0 Å². The van der Waals surface area contributed by atoms with E-state index in [1.807, 2.05) is 0 Å². The Kier molecular flexibility index (Phi) is 1.84. The molecule has 2 rings (SSSR count). The highest BCUT2D eigenvalue weighted by Crippen LogP contribution is 2.16. The van der Waals surface area contributed by atoms with Gasteiger partial charge in [-0.1, -0.05) is 10.3 Å². The Morgan fingerprint density at radius 1 is 1.33 bits per heavy atom. The van der Waals surface area contributed by atoms with Crippen LogP contribution >= 0.6 is 0 Å². The fraction of sp³-hybridized carbons (Fsp3) is 0.750. The lowest BCUT2D eigenvalue weighted by Crippen LogP contribution is -2.35. The van der Waals surface area contributed by atoms with E-state index in [2.05, 4.69) is 33.7 Å². The molecule has 12 heavy (non-hydrogen) atoms. The number of nitrogens with zero attached hydrogens (tertiary/aromatic N) is 3. The van der Waals surface area contributed by atoms with Crippen LogP contribution in [0.1, 0.15) is 25.2 Å². The number of rotatable bonds is 1. The van der Waals surface area contributed by atoms with Gasteiger partial charge in [-0.25, -0.2) is 4.63 Å². The zero-order valence-electron chi connectivity index (χ0n) is 7.45. The van der Waals surface area contributed by atoms with Crippen molar-refractivity contribution in [1.29, 1.82) is 0 Å². The van der Waals surface area contributed by atoms with Crippen LogP contribution < -0.4 is 0 Å². The molecule has 2 heterocycles. The van der Waals surface area contributed by atoms with Crippen LogP contribution in [0.4, 0.5) is 0 Å². The smallest absolute Gasteiger partial charge is 0.122 e. The lowest BCUT2D eigenvalue weighted by molar-refractivity contribution is 0.199. The fourth-order valence-corrected chi connectivity index (χ4v) is 1.50. The van der Waals surface area contributed by atoms with Crippen molar-refractivity contribution >= 4 is 0 Å². The molecule has 0 aliphatic carbocycles. The Morgan fingerprint density at radius 2 is 2.08 bits per heavy atom. The molecule has 0 N–H and O–H groups in total. The molecule has 0 unspecified atom stereocenters.